The summed E-state index contributed by atoms with van der Waals surface area (Å²) in [6.07, 6.45) is 10.6. The van der Waals surface area contributed by atoms with E-state index in [4.69, 9.17) is 6.42 Å². The van der Waals surface area contributed by atoms with E-state index >= 15 is 0 Å². The van der Waals surface area contributed by atoms with Crippen LogP contribution in [0, 0.1) is 19.3 Å². The molecule has 0 spiro atoms. The maximum absolute atomic E-state index is 5.13. The topological polar surface area (TPSA) is 12.0 Å². The van der Waals surface area contributed by atoms with Crippen molar-refractivity contribution < 1.29 is 0 Å². The molecule has 1 N–H and O–H groups in total. The molecule has 0 rings (SSSR count). The lowest BCUT2D eigenvalue weighted by atomic mass is 10.1. The average molecular weight is 152 g/mol. The molecule has 0 aromatic heterocycles. The van der Waals surface area contributed by atoms with E-state index in [0.717, 1.165) is 19.3 Å². The molecule has 0 heterocycles. The Labute approximate surface area is 70.6 Å². The second-order valence-corrected chi connectivity index (χ2v) is 2.72. The minimum Gasteiger partial charge on any atom is -0.317 e. The van der Waals surface area contributed by atoms with E-state index in [0.29, 0.717) is 6.04 Å². The van der Waals surface area contributed by atoms with Crippen molar-refractivity contribution in [1.82, 2.24) is 5.32 Å². The largest absolute Gasteiger partial charge is 0.317 e. The Bertz CT molecular complexity index is 109. The van der Waals surface area contributed by atoms with Gasteiger partial charge in [-0.25, -0.2) is 0 Å². The zero-order chi connectivity index (χ0) is 8.53. The predicted molar refractivity (Wildman–Crippen MR) is 50.1 cm³/mol. The summed E-state index contributed by atoms with van der Waals surface area (Å²) in [7, 11) is 1.98. The van der Waals surface area contributed by atoms with Crippen molar-refractivity contribution in [3.63, 3.8) is 0 Å². The minimum absolute atomic E-state index is 0.577. The van der Waals surface area contributed by atoms with Gasteiger partial charge in [-0.3, -0.25) is 0 Å². The van der Waals surface area contributed by atoms with Crippen molar-refractivity contribution in [2.24, 2.45) is 0 Å². The van der Waals surface area contributed by atoms with Crippen LogP contribution in [0.15, 0.2) is 0 Å². The molecule has 1 unspecified atom stereocenters. The van der Waals surface area contributed by atoms with E-state index in [-0.39, 0.29) is 0 Å². The lowest BCUT2D eigenvalue weighted by molar-refractivity contribution is 0.500. The highest BCUT2D eigenvalue weighted by Gasteiger charge is 2.00. The van der Waals surface area contributed by atoms with Crippen molar-refractivity contribution in [2.75, 3.05) is 7.05 Å². The molecule has 1 nitrogen and oxygen atoms in total. The van der Waals surface area contributed by atoms with Crippen LogP contribution in [0.3, 0.4) is 0 Å². The molecule has 0 saturated carbocycles. The third-order valence-electron chi connectivity index (χ3n) is 1.88. The number of terminal acetylenes is 1. The maximum Gasteiger partial charge on any atom is 0.00860 e. The van der Waals surface area contributed by atoms with Crippen molar-refractivity contribution in [1.29, 1.82) is 0 Å². The Morgan fingerprint density at radius 3 is 2.73 bits per heavy atom. The summed E-state index contributed by atoms with van der Waals surface area (Å²) < 4.78 is 0. The van der Waals surface area contributed by atoms with E-state index < -0.39 is 0 Å². The van der Waals surface area contributed by atoms with Crippen LogP contribution >= 0.6 is 0 Å². The minimum atomic E-state index is 0.577. The summed E-state index contributed by atoms with van der Waals surface area (Å²) in [5, 5.41) is 3.21. The first kappa shape index (κ1) is 10.5. The van der Waals surface area contributed by atoms with Crippen LogP contribution in [0.5, 0.6) is 0 Å². The number of nitrogens with one attached hydrogen (secondary N) is 1. The van der Waals surface area contributed by atoms with Gasteiger partial charge in [-0.15, -0.1) is 12.3 Å². The Morgan fingerprint density at radius 1 is 1.55 bits per heavy atom. The van der Waals surface area contributed by atoms with Crippen molar-refractivity contribution >= 4 is 0 Å². The highest BCUT2D eigenvalue weighted by Crippen LogP contribution is 2.04. The smallest absolute Gasteiger partial charge is 0.00860 e. The third-order valence-corrected chi connectivity index (χ3v) is 1.88. The molecular weight excluding hydrogens is 134 g/mol. The molecule has 0 saturated heterocycles. The van der Waals surface area contributed by atoms with Crippen LogP contribution < -0.4 is 5.32 Å². The third kappa shape index (κ3) is 5.94. The Morgan fingerprint density at radius 2 is 2.27 bits per heavy atom. The molecule has 0 aromatic rings. The van der Waals surface area contributed by atoms with Gasteiger partial charge in [0.25, 0.3) is 0 Å². The van der Waals surface area contributed by atoms with Crippen LogP contribution in [-0.4, -0.2) is 13.1 Å². The number of hydrogen-bond acceptors (Lipinski definition) is 1. The Balaban J connectivity index is 3.16. The van der Waals surface area contributed by atoms with E-state index in [2.05, 4.69) is 18.2 Å². The molecule has 0 aliphatic heterocycles. The van der Waals surface area contributed by atoms with Crippen molar-refractivity contribution in [3.05, 3.63) is 6.92 Å². The Kier molecular flexibility index (Phi) is 7.29. The molecule has 0 aromatic carbocycles. The summed E-state index contributed by atoms with van der Waals surface area (Å²) in [5.41, 5.74) is 0. The normalized spacial score (nSPS) is 12.5. The van der Waals surface area contributed by atoms with E-state index in [9.17, 15) is 0 Å². The van der Waals surface area contributed by atoms with Gasteiger partial charge >= 0.3 is 0 Å². The predicted octanol–water partition coefficient (Wildman–Crippen LogP) is 1.99. The van der Waals surface area contributed by atoms with Crippen molar-refractivity contribution in [2.45, 2.75) is 38.1 Å². The van der Waals surface area contributed by atoms with Gasteiger partial charge < -0.3 is 5.32 Å². The molecule has 0 fully saturated rings. The molecule has 63 valence electrons. The van der Waals surface area contributed by atoms with Crippen molar-refractivity contribution in [3.8, 4) is 12.3 Å². The molecule has 1 heteroatoms. The van der Waals surface area contributed by atoms with Gasteiger partial charge in [0, 0.05) is 12.5 Å². The van der Waals surface area contributed by atoms with Gasteiger partial charge in [0.1, 0.15) is 0 Å². The van der Waals surface area contributed by atoms with Crippen LogP contribution in [0.1, 0.15) is 32.1 Å². The summed E-state index contributed by atoms with van der Waals surface area (Å²) in [5.74, 6) is 2.64. The lowest BCUT2D eigenvalue weighted by Crippen LogP contribution is -2.23. The zero-order valence-corrected chi connectivity index (χ0v) is 7.40. The Hall–Kier alpha value is -0.480. The monoisotopic (exact) mass is 152 g/mol. The van der Waals surface area contributed by atoms with Gasteiger partial charge in [-0.2, -0.15) is 0 Å². The number of rotatable bonds is 6. The van der Waals surface area contributed by atoms with Gasteiger partial charge in [0.15, 0.2) is 0 Å². The first-order valence-corrected chi connectivity index (χ1v) is 4.25. The number of unbranched alkanes of at least 4 members (excludes halogenated alkanes) is 2. The zero-order valence-electron chi connectivity index (χ0n) is 7.40. The fraction of sp³-hybridized carbons (Fsp3) is 0.700. The second-order valence-electron chi connectivity index (χ2n) is 2.72. The SMILES string of the molecule is C#CCCCCC(C[CH2])NC. The second kappa shape index (κ2) is 7.63. The van der Waals surface area contributed by atoms with E-state index in [1.165, 1.54) is 12.8 Å². The quantitative estimate of drug-likeness (QED) is 0.453. The standard InChI is InChI=1S/C10H18N/c1-4-6-7-8-9-10(5-2)11-3/h1,10-11H,2,5-9H2,3H3. The fourth-order valence-corrected chi connectivity index (χ4v) is 1.05. The van der Waals surface area contributed by atoms with Gasteiger partial charge in [-0.1, -0.05) is 13.3 Å². The molecule has 0 amide bonds. The molecule has 1 radical (unpaired) electrons. The van der Waals surface area contributed by atoms with Gasteiger partial charge in [0.05, 0.1) is 0 Å². The van der Waals surface area contributed by atoms with Crippen LogP contribution in [0.4, 0.5) is 0 Å². The average Bonchev–Trinajstić information content (AvgIpc) is 2.05. The van der Waals surface area contributed by atoms with E-state index in [1.54, 1.807) is 0 Å². The summed E-state index contributed by atoms with van der Waals surface area (Å²) in [6.45, 7) is 3.85. The fourth-order valence-electron chi connectivity index (χ4n) is 1.05. The summed E-state index contributed by atoms with van der Waals surface area (Å²) >= 11 is 0. The first-order chi connectivity index (χ1) is 5.35. The highest BCUT2D eigenvalue weighted by atomic mass is 14.9. The molecular formula is C10H18N. The van der Waals surface area contributed by atoms with E-state index in [1.807, 2.05) is 7.05 Å². The molecule has 0 aliphatic carbocycles. The number of hydrogen-bond donors (Lipinski definition) is 1. The summed E-state index contributed by atoms with van der Waals surface area (Å²) in [4.78, 5) is 0. The van der Waals surface area contributed by atoms with Gasteiger partial charge in [-0.05, 0) is 26.3 Å². The highest BCUT2D eigenvalue weighted by molar-refractivity contribution is 4.83. The van der Waals surface area contributed by atoms with Crippen LogP contribution in [-0.2, 0) is 0 Å². The lowest BCUT2D eigenvalue weighted by Gasteiger charge is -2.12. The molecule has 11 heavy (non-hydrogen) atoms. The van der Waals surface area contributed by atoms with Crippen LogP contribution in [0.25, 0.3) is 0 Å². The first-order valence-electron chi connectivity index (χ1n) is 4.25. The summed E-state index contributed by atoms with van der Waals surface area (Å²) in [6, 6.07) is 0.577. The molecule has 0 aliphatic rings. The molecule has 1 atom stereocenters. The maximum atomic E-state index is 5.13. The van der Waals surface area contributed by atoms with Gasteiger partial charge in [0.2, 0.25) is 0 Å². The van der Waals surface area contributed by atoms with Crippen LogP contribution in [0.2, 0.25) is 0 Å². The molecule has 0 bridgehead atoms.